The summed E-state index contributed by atoms with van der Waals surface area (Å²) in [6.45, 7) is 6.59. The van der Waals surface area contributed by atoms with Gasteiger partial charge in [0.1, 0.15) is 0 Å². The Kier molecular flexibility index (Phi) is 5.33. The summed E-state index contributed by atoms with van der Waals surface area (Å²) in [6, 6.07) is 0. The molecule has 23 heavy (non-hydrogen) atoms. The van der Waals surface area contributed by atoms with Gasteiger partial charge in [0.25, 0.3) is 5.91 Å². The molecular formula is C17H28N4O2. The third kappa shape index (κ3) is 3.93. The van der Waals surface area contributed by atoms with Gasteiger partial charge in [-0.2, -0.15) is 5.10 Å². The summed E-state index contributed by atoms with van der Waals surface area (Å²) in [7, 11) is 1.87. The minimum atomic E-state index is 0.134. The molecule has 0 bridgehead atoms. The smallest absolute Gasteiger partial charge is 0.257 e. The summed E-state index contributed by atoms with van der Waals surface area (Å²) < 4.78 is 7.72. The molecule has 3 rings (SSSR count). The van der Waals surface area contributed by atoms with Crippen molar-refractivity contribution in [2.75, 3.05) is 32.8 Å². The molecule has 128 valence electrons. The molecule has 1 aromatic heterocycles. The molecule has 6 heteroatoms. The normalized spacial score (nSPS) is 22.7. The number of piperidine rings is 1. The van der Waals surface area contributed by atoms with E-state index in [1.54, 1.807) is 4.68 Å². The van der Waals surface area contributed by atoms with Crippen molar-refractivity contribution in [3.8, 4) is 0 Å². The van der Waals surface area contributed by atoms with E-state index in [0.717, 1.165) is 69.7 Å². The molecule has 1 unspecified atom stereocenters. The van der Waals surface area contributed by atoms with Gasteiger partial charge in [-0.1, -0.05) is 6.92 Å². The topological polar surface area (TPSA) is 59.4 Å². The largest absolute Gasteiger partial charge is 0.377 e. The van der Waals surface area contributed by atoms with Crippen LogP contribution < -0.4 is 5.32 Å². The van der Waals surface area contributed by atoms with Crippen LogP contribution in [0.2, 0.25) is 0 Å². The van der Waals surface area contributed by atoms with E-state index in [1.807, 2.05) is 25.1 Å². The van der Waals surface area contributed by atoms with Crippen LogP contribution in [0.5, 0.6) is 0 Å². The van der Waals surface area contributed by atoms with Crippen LogP contribution in [-0.4, -0.2) is 59.5 Å². The first-order valence-corrected chi connectivity index (χ1v) is 8.81. The van der Waals surface area contributed by atoms with Crippen LogP contribution in [0.15, 0.2) is 6.20 Å². The van der Waals surface area contributed by atoms with Crippen molar-refractivity contribution in [3.05, 3.63) is 17.5 Å². The summed E-state index contributed by atoms with van der Waals surface area (Å²) in [5, 5.41) is 7.70. The minimum absolute atomic E-state index is 0.134. The zero-order valence-electron chi connectivity index (χ0n) is 14.3. The standard InChI is InChI=1S/C17H28N4O2/c1-3-16-15(11-20(2)19-16)17(22)21-8-5-13(6-9-21)12-23-14-4-7-18-10-14/h11,13-14,18H,3-10,12H2,1-2H3. The minimum Gasteiger partial charge on any atom is -0.377 e. The fourth-order valence-electron chi connectivity index (χ4n) is 3.49. The Morgan fingerprint density at radius 1 is 1.39 bits per heavy atom. The highest BCUT2D eigenvalue weighted by Crippen LogP contribution is 2.21. The zero-order chi connectivity index (χ0) is 16.2. The lowest BCUT2D eigenvalue weighted by molar-refractivity contribution is 0.0217. The van der Waals surface area contributed by atoms with E-state index in [2.05, 4.69) is 10.4 Å². The predicted molar refractivity (Wildman–Crippen MR) is 88.4 cm³/mol. The van der Waals surface area contributed by atoms with Gasteiger partial charge in [-0.15, -0.1) is 0 Å². The van der Waals surface area contributed by atoms with Crippen molar-refractivity contribution in [1.29, 1.82) is 0 Å². The molecule has 2 fully saturated rings. The number of likely N-dealkylation sites (tertiary alicyclic amines) is 1. The Morgan fingerprint density at radius 3 is 2.83 bits per heavy atom. The van der Waals surface area contributed by atoms with Gasteiger partial charge >= 0.3 is 0 Å². The molecule has 1 N–H and O–H groups in total. The lowest BCUT2D eigenvalue weighted by atomic mass is 9.97. The van der Waals surface area contributed by atoms with Crippen LogP contribution >= 0.6 is 0 Å². The number of nitrogens with zero attached hydrogens (tertiary/aromatic N) is 3. The summed E-state index contributed by atoms with van der Waals surface area (Å²) in [5.41, 5.74) is 1.67. The van der Waals surface area contributed by atoms with Gasteiger partial charge in [-0.25, -0.2) is 0 Å². The molecule has 2 aliphatic rings. The van der Waals surface area contributed by atoms with Gasteiger partial charge in [0.2, 0.25) is 0 Å². The molecule has 1 atom stereocenters. The molecule has 3 heterocycles. The van der Waals surface area contributed by atoms with E-state index in [1.165, 1.54) is 0 Å². The van der Waals surface area contributed by atoms with Crippen LogP contribution in [0.1, 0.15) is 42.2 Å². The monoisotopic (exact) mass is 320 g/mol. The Bertz CT molecular complexity index is 529. The molecule has 2 aliphatic heterocycles. The number of aromatic nitrogens is 2. The van der Waals surface area contributed by atoms with Gasteiger partial charge in [-0.3, -0.25) is 9.48 Å². The number of hydrogen-bond acceptors (Lipinski definition) is 4. The number of nitrogens with one attached hydrogen (secondary N) is 1. The van der Waals surface area contributed by atoms with Gasteiger partial charge < -0.3 is 15.0 Å². The highest BCUT2D eigenvalue weighted by molar-refractivity contribution is 5.95. The Morgan fingerprint density at radius 2 is 2.17 bits per heavy atom. The van der Waals surface area contributed by atoms with Crippen molar-refractivity contribution in [1.82, 2.24) is 20.0 Å². The van der Waals surface area contributed by atoms with Crippen LogP contribution in [-0.2, 0) is 18.2 Å². The molecule has 0 spiro atoms. The van der Waals surface area contributed by atoms with E-state index < -0.39 is 0 Å². The number of carbonyl (C=O) groups excluding carboxylic acids is 1. The molecule has 6 nitrogen and oxygen atoms in total. The van der Waals surface area contributed by atoms with Crippen molar-refractivity contribution in [3.63, 3.8) is 0 Å². The van der Waals surface area contributed by atoms with Crippen molar-refractivity contribution in [2.45, 2.75) is 38.7 Å². The van der Waals surface area contributed by atoms with E-state index in [-0.39, 0.29) is 5.91 Å². The number of rotatable bonds is 5. The predicted octanol–water partition coefficient (Wildman–Crippen LogP) is 1.21. The molecule has 1 amide bonds. The second-order valence-corrected chi connectivity index (χ2v) is 6.70. The fourth-order valence-corrected chi connectivity index (χ4v) is 3.49. The first-order valence-electron chi connectivity index (χ1n) is 8.81. The lowest BCUT2D eigenvalue weighted by Crippen LogP contribution is -2.40. The van der Waals surface area contributed by atoms with Crippen LogP contribution in [0.25, 0.3) is 0 Å². The third-order valence-corrected chi connectivity index (χ3v) is 4.96. The summed E-state index contributed by atoms with van der Waals surface area (Å²) >= 11 is 0. The molecule has 2 saturated heterocycles. The quantitative estimate of drug-likeness (QED) is 0.886. The SMILES string of the molecule is CCc1nn(C)cc1C(=O)N1CCC(COC2CCNC2)CC1. The summed E-state index contributed by atoms with van der Waals surface area (Å²) in [6.07, 6.45) is 6.22. The summed E-state index contributed by atoms with van der Waals surface area (Å²) in [5.74, 6) is 0.716. The maximum Gasteiger partial charge on any atom is 0.257 e. The van der Waals surface area contributed by atoms with Crippen LogP contribution in [0, 0.1) is 5.92 Å². The molecule has 0 saturated carbocycles. The number of aryl methyl sites for hydroxylation is 2. The molecule has 0 radical (unpaired) electrons. The second kappa shape index (κ2) is 7.45. The average molecular weight is 320 g/mol. The first-order chi connectivity index (χ1) is 11.2. The van der Waals surface area contributed by atoms with Gasteiger partial charge in [0.05, 0.1) is 17.4 Å². The number of hydrogen-bond donors (Lipinski definition) is 1. The fraction of sp³-hybridized carbons (Fsp3) is 0.765. The lowest BCUT2D eigenvalue weighted by Gasteiger charge is -2.32. The van der Waals surface area contributed by atoms with Crippen molar-refractivity contribution in [2.24, 2.45) is 13.0 Å². The van der Waals surface area contributed by atoms with Gasteiger partial charge in [0, 0.05) is 39.5 Å². The van der Waals surface area contributed by atoms with Crippen LogP contribution in [0.4, 0.5) is 0 Å². The highest BCUT2D eigenvalue weighted by atomic mass is 16.5. The Hall–Kier alpha value is -1.40. The second-order valence-electron chi connectivity index (χ2n) is 6.70. The Balaban J connectivity index is 1.48. The highest BCUT2D eigenvalue weighted by Gasteiger charge is 2.27. The number of ether oxygens (including phenoxy) is 1. The van der Waals surface area contributed by atoms with E-state index in [9.17, 15) is 4.79 Å². The molecule has 0 aromatic carbocycles. The van der Waals surface area contributed by atoms with E-state index >= 15 is 0 Å². The van der Waals surface area contributed by atoms with Crippen molar-refractivity contribution < 1.29 is 9.53 Å². The zero-order valence-corrected chi connectivity index (χ0v) is 14.3. The van der Waals surface area contributed by atoms with Crippen molar-refractivity contribution >= 4 is 5.91 Å². The van der Waals surface area contributed by atoms with E-state index in [0.29, 0.717) is 12.0 Å². The van der Waals surface area contributed by atoms with E-state index in [4.69, 9.17) is 4.74 Å². The molecule has 1 aromatic rings. The number of carbonyl (C=O) groups is 1. The average Bonchev–Trinajstić information content (AvgIpc) is 3.22. The van der Waals surface area contributed by atoms with Gasteiger partial charge in [-0.05, 0) is 38.1 Å². The third-order valence-electron chi connectivity index (χ3n) is 4.96. The Labute approximate surface area is 138 Å². The molecule has 0 aliphatic carbocycles. The first kappa shape index (κ1) is 16.5. The number of amides is 1. The maximum absolute atomic E-state index is 12.7. The maximum atomic E-state index is 12.7. The summed E-state index contributed by atoms with van der Waals surface area (Å²) in [4.78, 5) is 14.7. The molecular weight excluding hydrogens is 292 g/mol. The van der Waals surface area contributed by atoms with Gasteiger partial charge in [0.15, 0.2) is 0 Å². The van der Waals surface area contributed by atoms with Crippen LogP contribution in [0.3, 0.4) is 0 Å².